The Labute approximate surface area is 107 Å². The first-order valence-electron chi connectivity index (χ1n) is 6.32. The van der Waals surface area contributed by atoms with Crippen LogP contribution < -0.4 is 9.64 Å². The average molecular weight is 249 g/mol. The second kappa shape index (κ2) is 5.29. The van der Waals surface area contributed by atoms with Crippen molar-refractivity contribution in [3.8, 4) is 5.75 Å². The molecule has 18 heavy (non-hydrogen) atoms. The number of aliphatic carboxylic acids is 1. The molecule has 0 bridgehead atoms. The van der Waals surface area contributed by atoms with Gasteiger partial charge in [0.15, 0.2) is 0 Å². The molecule has 0 saturated carbocycles. The third kappa shape index (κ3) is 2.42. The van der Waals surface area contributed by atoms with E-state index >= 15 is 0 Å². The van der Waals surface area contributed by atoms with E-state index in [2.05, 4.69) is 4.90 Å². The number of ether oxygens (including phenoxy) is 1. The number of fused-ring (bicyclic) bond motifs is 1. The van der Waals surface area contributed by atoms with Gasteiger partial charge in [0.2, 0.25) is 0 Å². The normalized spacial score (nSPS) is 18.2. The number of hydrogen-bond donors (Lipinski definition) is 1. The highest BCUT2D eigenvalue weighted by atomic mass is 16.5. The lowest BCUT2D eigenvalue weighted by Crippen LogP contribution is -2.41. The van der Waals surface area contributed by atoms with Gasteiger partial charge in [-0.05, 0) is 32.4 Å². The van der Waals surface area contributed by atoms with Crippen LogP contribution in [0, 0.1) is 5.92 Å². The van der Waals surface area contributed by atoms with Gasteiger partial charge in [-0.15, -0.1) is 0 Å². The fraction of sp³-hybridized carbons (Fsp3) is 0.500. The topological polar surface area (TPSA) is 49.8 Å². The zero-order valence-corrected chi connectivity index (χ0v) is 10.8. The van der Waals surface area contributed by atoms with Crippen molar-refractivity contribution in [1.29, 1.82) is 0 Å². The molecule has 2 unspecified atom stereocenters. The van der Waals surface area contributed by atoms with Crippen molar-refractivity contribution in [2.24, 2.45) is 5.92 Å². The van der Waals surface area contributed by atoms with E-state index < -0.39 is 11.9 Å². The monoisotopic (exact) mass is 249 g/mol. The molecular formula is C14H19NO3. The molecule has 4 nitrogen and oxygen atoms in total. The summed E-state index contributed by atoms with van der Waals surface area (Å²) in [6, 6.07) is 7.77. The minimum atomic E-state index is -0.759. The molecule has 4 heteroatoms. The summed E-state index contributed by atoms with van der Waals surface area (Å²) in [6.45, 7) is 5.22. The Morgan fingerprint density at radius 3 is 2.83 bits per heavy atom. The van der Waals surface area contributed by atoms with E-state index in [0.717, 1.165) is 24.4 Å². The van der Waals surface area contributed by atoms with Gasteiger partial charge in [-0.3, -0.25) is 4.79 Å². The van der Waals surface area contributed by atoms with Crippen molar-refractivity contribution >= 4 is 11.7 Å². The molecular weight excluding hydrogens is 230 g/mol. The van der Waals surface area contributed by atoms with Crippen LogP contribution in [0.1, 0.15) is 20.3 Å². The second-order valence-electron chi connectivity index (χ2n) is 4.73. The Hall–Kier alpha value is -1.71. The number of benzene rings is 1. The quantitative estimate of drug-likeness (QED) is 0.893. The molecule has 1 aromatic carbocycles. The summed E-state index contributed by atoms with van der Waals surface area (Å²) >= 11 is 0. The number of carboxylic acids is 1. The van der Waals surface area contributed by atoms with Crippen LogP contribution in [0.2, 0.25) is 0 Å². The van der Waals surface area contributed by atoms with Crippen LogP contribution in [0.5, 0.6) is 5.75 Å². The minimum Gasteiger partial charge on any atom is -0.491 e. The van der Waals surface area contributed by atoms with E-state index in [1.165, 1.54) is 0 Å². The zero-order chi connectivity index (χ0) is 13.1. The maximum absolute atomic E-state index is 11.1. The number of nitrogens with zero attached hydrogens (tertiary/aromatic N) is 1. The summed E-state index contributed by atoms with van der Waals surface area (Å²) in [5, 5.41) is 9.14. The Bertz CT molecular complexity index is 433. The molecule has 2 rings (SSSR count). The highest BCUT2D eigenvalue weighted by Gasteiger charge is 2.28. The molecule has 0 amide bonds. The number of anilines is 1. The van der Waals surface area contributed by atoms with Crippen molar-refractivity contribution in [3.05, 3.63) is 24.3 Å². The van der Waals surface area contributed by atoms with Crippen molar-refractivity contribution in [3.63, 3.8) is 0 Å². The summed E-state index contributed by atoms with van der Waals surface area (Å²) in [6.07, 6.45) is 0.908. The van der Waals surface area contributed by atoms with Crippen molar-refractivity contribution < 1.29 is 14.6 Å². The molecule has 0 aromatic heterocycles. The van der Waals surface area contributed by atoms with Gasteiger partial charge in [0.05, 0.1) is 18.2 Å². The first kappa shape index (κ1) is 12.7. The van der Waals surface area contributed by atoms with Crippen LogP contribution in [0.15, 0.2) is 24.3 Å². The molecule has 0 radical (unpaired) electrons. The predicted octanol–water partition coefficient (Wildman–Crippen LogP) is 2.38. The van der Waals surface area contributed by atoms with Crippen LogP contribution in [0.25, 0.3) is 0 Å². The molecule has 0 fully saturated rings. The van der Waals surface area contributed by atoms with Gasteiger partial charge in [-0.25, -0.2) is 0 Å². The van der Waals surface area contributed by atoms with E-state index in [9.17, 15) is 4.79 Å². The maximum Gasteiger partial charge on any atom is 0.308 e. The number of para-hydroxylation sites is 2. The summed E-state index contributed by atoms with van der Waals surface area (Å²) in [5.41, 5.74) is 0.996. The molecule has 1 N–H and O–H groups in total. The van der Waals surface area contributed by atoms with E-state index in [1.807, 2.05) is 31.2 Å². The molecule has 1 aliphatic heterocycles. The summed E-state index contributed by atoms with van der Waals surface area (Å²) in [4.78, 5) is 13.3. The first-order valence-corrected chi connectivity index (χ1v) is 6.32. The molecule has 0 aliphatic carbocycles. The van der Waals surface area contributed by atoms with Gasteiger partial charge in [0.1, 0.15) is 5.75 Å². The SMILES string of the molecule is CC(C(=O)O)C(C)N1CCCOc2ccccc21. The predicted molar refractivity (Wildman–Crippen MR) is 70.2 cm³/mol. The zero-order valence-electron chi connectivity index (χ0n) is 10.8. The number of hydrogen-bond acceptors (Lipinski definition) is 3. The second-order valence-corrected chi connectivity index (χ2v) is 4.73. The third-order valence-electron chi connectivity index (χ3n) is 3.58. The maximum atomic E-state index is 11.1. The fourth-order valence-electron chi connectivity index (χ4n) is 2.25. The lowest BCUT2D eigenvalue weighted by atomic mass is 10.0. The van der Waals surface area contributed by atoms with Crippen LogP contribution in [0.4, 0.5) is 5.69 Å². The van der Waals surface area contributed by atoms with E-state index in [0.29, 0.717) is 6.61 Å². The Balaban J connectivity index is 2.30. The van der Waals surface area contributed by atoms with E-state index in [1.54, 1.807) is 6.92 Å². The largest absolute Gasteiger partial charge is 0.491 e. The van der Waals surface area contributed by atoms with Gasteiger partial charge in [-0.2, -0.15) is 0 Å². The molecule has 0 saturated heterocycles. The van der Waals surface area contributed by atoms with Crippen molar-refractivity contribution in [1.82, 2.24) is 0 Å². The van der Waals surface area contributed by atoms with Gasteiger partial charge in [0.25, 0.3) is 0 Å². The number of carboxylic acid groups (broad SMARTS) is 1. The average Bonchev–Trinajstić information content (AvgIpc) is 2.59. The van der Waals surface area contributed by atoms with E-state index in [-0.39, 0.29) is 6.04 Å². The van der Waals surface area contributed by atoms with Gasteiger partial charge < -0.3 is 14.7 Å². The van der Waals surface area contributed by atoms with Crippen LogP contribution in [-0.4, -0.2) is 30.3 Å². The minimum absolute atomic E-state index is 0.0506. The smallest absolute Gasteiger partial charge is 0.308 e. The highest BCUT2D eigenvalue weighted by molar-refractivity contribution is 5.72. The van der Waals surface area contributed by atoms with Crippen LogP contribution in [-0.2, 0) is 4.79 Å². The third-order valence-corrected chi connectivity index (χ3v) is 3.58. The Kier molecular flexibility index (Phi) is 3.75. The lowest BCUT2D eigenvalue weighted by Gasteiger charge is -2.32. The van der Waals surface area contributed by atoms with E-state index in [4.69, 9.17) is 9.84 Å². The summed E-state index contributed by atoms with van der Waals surface area (Å²) in [7, 11) is 0. The lowest BCUT2D eigenvalue weighted by molar-refractivity contribution is -0.141. The van der Waals surface area contributed by atoms with Crippen LogP contribution in [0.3, 0.4) is 0 Å². The highest BCUT2D eigenvalue weighted by Crippen LogP contribution is 2.33. The molecule has 1 aliphatic rings. The Morgan fingerprint density at radius 1 is 1.39 bits per heavy atom. The van der Waals surface area contributed by atoms with Crippen molar-refractivity contribution in [2.75, 3.05) is 18.1 Å². The molecule has 98 valence electrons. The fourth-order valence-corrected chi connectivity index (χ4v) is 2.25. The number of carbonyl (C=O) groups is 1. The summed E-state index contributed by atoms with van der Waals surface area (Å²) < 4.78 is 5.68. The molecule has 1 heterocycles. The molecule has 0 spiro atoms. The standard InChI is InChI=1S/C14H19NO3/c1-10(14(16)17)11(2)15-8-5-9-18-13-7-4-3-6-12(13)15/h3-4,6-7,10-11H,5,8-9H2,1-2H3,(H,16,17). The number of rotatable bonds is 3. The molecule has 2 atom stereocenters. The van der Waals surface area contributed by atoms with Gasteiger partial charge in [0, 0.05) is 12.6 Å². The Morgan fingerprint density at radius 2 is 2.11 bits per heavy atom. The van der Waals surface area contributed by atoms with Gasteiger partial charge in [-0.1, -0.05) is 12.1 Å². The summed E-state index contributed by atoms with van der Waals surface area (Å²) in [5.74, 6) is -0.319. The molecule has 1 aromatic rings. The van der Waals surface area contributed by atoms with Crippen LogP contribution >= 0.6 is 0 Å². The van der Waals surface area contributed by atoms with Gasteiger partial charge >= 0.3 is 5.97 Å². The van der Waals surface area contributed by atoms with Crippen molar-refractivity contribution in [2.45, 2.75) is 26.3 Å². The first-order chi connectivity index (χ1) is 8.61.